The number of rotatable bonds is 19. The lowest BCUT2D eigenvalue weighted by Crippen LogP contribution is -2.49. The fraction of sp³-hybridized carbons (Fsp3) is 0.459. The number of hydroxylamine groups is 2. The Morgan fingerprint density at radius 3 is 2.42 bits per heavy atom. The Morgan fingerprint density at radius 1 is 1.02 bits per heavy atom. The van der Waals surface area contributed by atoms with E-state index in [2.05, 4.69) is 15.5 Å². The predicted octanol–water partition coefficient (Wildman–Crippen LogP) is 4.30. The smallest absolute Gasteiger partial charge is 0.363 e. The summed E-state index contributed by atoms with van der Waals surface area (Å²) in [5.74, 6) is -2.29. The molecular weight excluding hydrogens is 707 g/mol. The van der Waals surface area contributed by atoms with Crippen LogP contribution in [0.4, 0.5) is 5.69 Å². The highest BCUT2D eigenvalue weighted by atomic mass is 31.2. The van der Waals surface area contributed by atoms with Gasteiger partial charge in [0.25, 0.3) is 5.91 Å². The summed E-state index contributed by atoms with van der Waals surface area (Å²) in [6.07, 6.45) is 3.54. The van der Waals surface area contributed by atoms with E-state index in [1.165, 1.54) is 30.3 Å². The summed E-state index contributed by atoms with van der Waals surface area (Å²) in [6, 6.07) is 11.5. The molecule has 15 nitrogen and oxygen atoms in total. The second-order valence-electron chi connectivity index (χ2n) is 12.6. The summed E-state index contributed by atoms with van der Waals surface area (Å²) in [5.41, 5.74) is 2.23. The molecule has 288 valence electrons. The normalized spacial score (nSPS) is 14.2. The summed E-state index contributed by atoms with van der Waals surface area (Å²) in [6.45, 7) is 10.1. The maximum absolute atomic E-state index is 13.6. The van der Waals surface area contributed by atoms with Gasteiger partial charge in [0.2, 0.25) is 12.3 Å². The van der Waals surface area contributed by atoms with E-state index >= 15 is 0 Å². The van der Waals surface area contributed by atoms with Crippen LogP contribution < -0.4 is 25.6 Å². The number of anilines is 1. The van der Waals surface area contributed by atoms with Crippen LogP contribution in [0.15, 0.2) is 52.9 Å². The van der Waals surface area contributed by atoms with Crippen molar-refractivity contribution in [3.63, 3.8) is 0 Å². The fourth-order valence-corrected chi connectivity index (χ4v) is 6.75. The molecule has 1 aliphatic rings. The van der Waals surface area contributed by atoms with Crippen LogP contribution in [0.3, 0.4) is 0 Å². The summed E-state index contributed by atoms with van der Waals surface area (Å²) in [4.78, 5) is 79.4. The molecule has 2 heterocycles. The molecule has 1 aromatic heterocycles. The zero-order valence-corrected chi connectivity index (χ0v) is 31.4. The number of hydrogen-bond donors (Lipinski definition) is 4. The SMILES string of the molecule is CCCCCC(C(=O)NCNC(=O)c1ccc(-c2cc(OCC)cc(P(=O)(O)O)c2)o1)[C@@H](CC)N(C=O)OC(=O)c1ccc(N2CCOCC2)cc1C. The van der Waals surface area contributed by atoms with Gasteiger partial charge in [-0.25, -0.2) is 4.79 Å². The van der Waals surface area contributed by atoms with Crippen LogP contribution in [0.2, 0.25) is 0 Å². The number of carbonyl (C=O) groups is 4. The molecule has 4 rings (SSSR count). The molecule has 0 spiro atoms. The van der Waals surface area contributed by atoms with Gasteiger partial charge < -0.3 is 44.0 Å². The van der Waals surface area contributed by atoms with Crippen LogP contribution in [0.5, 0.6) is 5.75 Å². The first-order valence-electron chi connectivity index (χ1n) is 17.8. The van der Waals surface area contributed by atoms with Gasteiger partial charge in [-0.3, -0.25) is 18.9 Å². The summed E-state index contributed by atoms with van der Waals surface area (Å²) in [7, 11) is -4.61. The number of nitrogens with zero attached hydrogens (tertiary/aromatic N) is 2. The third-order valence-corrected chi connectivity index (χ3v) is 9.86. The number of nitrogens with one attached hydrogen (secondary N) is 2. The van der Waals surface area contributed by atoms with Gasteiger partial charge in [0, 0.05) is 24.3 Å². The topological polar surface area (TPSA) is 197 Å². The first-order chi connectivity index (χ1) is 25.4. The van der Waals surface area contributed by atoms with Gasteiger partial charge in [0.1, 0.15) is 11.5 Å². The highest BCUT2D eigenvalue weighted by Crippen LogP contribution is 2.37. The second kappa shape index (κ2) is 19.4. The van der Waals surface area contributed by atoms with E-state index in [1.807, 2.05) is 19.1 Å². The van der Waals surface area contributed by atoms with E-state index in [9.17, 15) is 33.5 Å². The quantitative estimate of drug-likeness (QED) is 0.0446. The van der Waals surface area contributed by atoms with Crippen LogP contribution >= 0.6 is 7.60 Å². The van der Waals surface area contributed by atoms with Crippen LogP contribution in [-0.2, 0) is 23.7 Å². The van der Waals surface area contributed by atoms with Gasteiger partial charge in [0.15, 0.2) is 5.76 Å². The summed E-state index contributed by atoms with van der Waals surface area (Å²) >= 11 is 0. The highest BCUT2D eigenvalue weighted by molar-refractivity contribution is 7.60. The predicted molar refractivity (Wildman–Crippen MR) is 197 cm³/mol. The van der Waals surface area contributed by atoms with Crippen LogP contribution in [0, 0.1) is 12.8 Å². The minimum Gasteiger partial charge on any atom is -0.494 e. The molecule has 0 aliphatic carbocycles. The van der Waals surface area contributed by atoms with Gasteiger partial charge in [-0.05, 0) is 80.8 Å². The van der Waals surface area contributed by atoms with Crippen molar-refractivity contribution >= 4 is 42.8 Å². The van der Waals surface area contributed by atoms with E-state index in [4.69, 9.17) is 18.7 Å². The minimum absolute atomic E-state index is 0.105. The zero-order chi connectivity index (χ0) is 38.5. The molecule has 0 saturated carbocycles. The van der Waals surface area contributed by atoms with Crippen LogP contribution in [0.25, 0.3) is 11.3 Å². The van der Waals surface area contributed by atoms with Gasteiger partial charge >= 0.3 is 13.6 Å². The number of unbranched alkanes of at least 4 members (excludes halogenated alkanes) is 2. The molecule has 1 unspecified atom stereocenters. The summed E-state index contributed by atoms with van der Waals surface area (Å²) < 4.78 is 28.5. The average molecular weight is 757 g/mol. The van der Waals surface area contributed by atoms with Crippen molar-refractivity contribution in [3.8, 4) is 17.1 Å². The van der Waals surface area contributed by atoms with Crippen LogP contribution in [0.1, 0.15) is 79.4 Å². The van der Waals surface area contributed by atoms with Crippen molar-refractivity contribution in [3.05, 3.63) is 65.4 Å². The fourth-order valence-electron chi connectivity index (χ4n) is 6.15. The Bertz CT molecular complexity index is 1770. The number of benzene rings is 2. The molecule has 16 heteroatoms. The third-order valence-electron chi connectivity index (χ3n) is 8.93. The molecule has 0 bridgehead atoms. The Balaban J connectivity index is 1.41. The van der Waals surface area contributed by atoms with Gasteiger partial charge in [-0.1, -0.05) is 33.1 Å². The van der Waals surface area contributed by atoms with Gasteiger partial charge in [-0.15, -0.1) is 0 Å². The molecule has 2 atom stereocenters. The average Bonchev–Trinajstić information content (AvgIpc) is 3.65. The first kappa shape index (κ1) is 41.1. The zero-order valence-electron chi connectivity index (χ0n) is 30.5. The number of ether oxygens (including phenoxy) is 2. The standard InChI is InChI=1S/C37H49N4O11P/c1-5-8-9-10-31(32(6-2)41(24-42)52-37(45)30-12-11-27(19-25(30)4)40-15-17-49-18-16-40)35(43)38-23-39-36(44)34-14-13-33(51-34)26-20-28(50-7-3)22-29(21-26)53(46,47)48/h11-14,19-22,24,31-32H,5-10,15-18,23H2,1-4H3,(H,38,43)(H,39,44)(H2,46,47,48)/t31?,32-/m1/s1. The number of carbonyl (C=O) groups excluding carboxylic acids is 4. The van der Waals surface area contributed by atoms with E-state index in [0.29, 0.717) is 55.6 Å². The van der Waals surface area contributed by atoms with Crippen LogP contribution in [-0.4, -0.2) is 84.7 Å². The van der Waals surface area contributed by atoms with Crippen molar-refractivity contribution < 1.29 is 52.3 Å². The van der Waals surface area contributed by atoms with E-state index < -0.39 is 37.3 Å². The molecule has 2 aromatic carbocycles. The Labute approximate surface area is 309 Å². The van der Waals surface area contributed by atoms with Crippen molar-refractivity contribution in [2.45, 2.75) is 65.8 Å². The lowest BCUT2D eigenvalue weighted by Gasteiger charge is -2.32. The second-order valence-corrected chi connectivity index (χ2v) is 14.2. The molecule has 1 fully saturated rings. The number of morpholine rings is 1. The molecular formula is C37H49N4O11P. The first-order valence-corrected chi connectivity index (χ1v) is 19.4. The maximum atomic E-state index is 13.6. The van der Waals surface area contributed by atoms with Crippen molar-refractivity contribution in [2.24, 2.45) is 5.92 Å². The highest BCUT2D eigenvalue weighted by Gasteiger charge is 2.34. The van der Waals surface area contributed by atoms with Gasteiger partial charge in [0.05, 0.1) is 49.3 Å². The number of furan rings is 1. The number of amides is 3. The largest absolute Gasteiger partial charge is 0.494 e. The molecule has 3 aromatic rings. The third kappa shape index (κ3) is 11.2. The lowest BCUT2D eigenvalue weighted by atomic mass is 9.90. The van der Waals surface area contributed by atoms with E-state index in [1.54, 1.807) is 26.8 Å². The molecule has 0 radical (unpaired) electrons. The molecule has 1 aliphatic heterocycles. The Morgan fingerprint density at radius 2 is 1.77 bits per heavy atom. The van der Waals surface area contributed by atoms with E-state index in [0.717, 1.165) is 36.7 Å². The maximum Gasteiger partial charge on any atom is 0.363 e. The monoisotopic (exact) mass is 756 g/mol. The minimum atomic E-state index is -4.61. The Kier molecular flexibility index (Phi) is 15.0. The molecule has 53 heavy (non-hydrogen) atoms. The molecule has 4 N–H and O–H groups in total. The molecule has 1 saturated heterocycles. The van der Waals surface area contributed by atoms with Gasteiger partial charge in [-0.2, -0.15) is 5.06 Å². The van der Waals surface area contributed by atoms with Crippen molar-refractivity contribution in [1.29, 1.82) is 0 Å². The Hall–Kier alpha value is -4.69. The molecule has 3 amide bonds. The van der Waals surface area contributed by atoms with E-state index in [-0.39, 0.29) is 35.9 Å². The number of hydrogen-bond acceptors (Lipinski definition) is 10. The number of aryl methyl sites for hydroxylation is 1. The summed E-state index contributed by atoms with van der Waals surface area (Å²) in [5, 5.41) is 5.93. The van der Waals surface area contributed by atoms with Crippen molar-refractivity contribution in [2.75, 3.05) is 44.5 Å². The van der Waals surface area contributed by atoms with Crippen molar-refractivity contribution in [1.82, 2.24) is 15.7 Å². The lowest BCUT2D eigenvalue weighted by molar-refractivity contribution is -0.171.